The van der Waals surface area contributed by atoms with Crippen LogP contribution in [0.4, 0.5) is 0 Å². The van der Waals surface area contributed by atoms with Crippen LogP contribution in [0, 0.1) is 0 Å². The molecule has 1 heterocycles. The minimum absolute atomic E-state index is 0.520. The first-order chi connectivity index (χ1) is 7.83. The summed E-state index contributed by atoms with van der Waals surface area (Å²) in [4.78, 5) is 11.0. The third-order valence-corrected chi connectivity index (χ3v) is 3.11. The van der Waals surface area contributed by atoms with E-state index in [1.54, 1.807) is 7.11 Å². The maximum atomic E-state index is 11.0. The number of hydrogen-bond acceptors (Lipinski definition) is 2. The van der Waals surface area contributed by atoms with Gasteiger partial charge in [-0.2, -0.15) is 0 Å². The van der Waals surface area contributed by atoms with Crippen LogP contribution in [0.15, 0.2) is 24.3 Å². The molecule has 0 aliphatic heterocycles. The first-order valence-corrected chi connectivity index (χ1v) is 5.47. The van der Waals surface area contributed by atoms with Gasteiger partial charge >= 0.3 is 0 Å². The average Bonchev–Trinajstić information content (AvgIpc) is 3.08. The summed E-state index contributed by atoms with van der Waals surface area (Å²) in [7, 11) is 1.65. The fourth-order valence-corrected chi connectivity index (χ4v) is 2.19. The topological polar surface area (TPSA) is 31.2 Å². The number of benzene rings is 1. The minimum Gasteiger partial charge on any atom is -0.497 e. The van der Waals surface area contributed by atoms with Crippen LogP contribution in [0.3, 0.4) is 0 Å². The lowest BCUT2D eigenvalue weighted by Crippen LogP contribution is -1.98. The smallest absolute Gasteiger partial charge is 0.166 e. The number of aldehydes is 1. The van der Waals surface area contributed by atoms with Crippen LogP contribution >= 0.6 is 0 Å². The second kappa shape index (κ2) is 3.37. The van der Waals surface area contributed by atoms with Gasteiger partial charge in [-0.05, 0) is 37.1 Å². The molecule has 0 unspecified atom stereocenters. The summed E-state index contributed by atoms with van der Waals surface area (Å²) in [6.45, 7) is 0. The second-order valence-corrected chi connectivity index (χ2v) is 4.21. The number of rotatable bonds is 3. The predicted molar refractivity (Wildman–Crippen MR) is 62.1 cm³/mol. The fourth-order valence-electron chi connectivity index (χ4n) is 2.19. The molecule has 1 aromatic carbocycles. The molecule has 0 saturated heterocycles. The molecule has 0 amide bonds. The van der Waals surface area contributed by atoms with Gasteiger partial charge in [0, 0.05) is 16.9 Å². The molecule has 0 radical (unpaired) electrons. The van der Waals surface area contributed by atoms with Gasteiger partial charge in [0.2, 0.25) is 0 Å². The van der Waals surface area contributed by atoms with Crippen LogP contribution in [0.1, 0.15) is 29.4 Å². The maximum absolute atomic E-state index is 11.0. The first kappa shape index (κ1) is 9.46. The normalized spacial score (nSPS) is 15.3. The molecule has 1 aliphatic carbocycles. The molecule has 1 fully saturated rings. The van der Waals surface area contributed by atoms with Crippen molar-refractivity contribution in [1.82, 2.24) is 4.57 Å². The molecule has 1 aromatic heterocycles. The van der Waals surface area contributed by atoms with E-state index in [-0.39, 0.29) is 0 Å². The van der Waals surface area contributed by atoms with Gasteiger partial charge in [0.15, 0.2) is 6.29 Å². The summed E-state index contributed by atoms with van der Waals surface area (Å²) in [5, 5.41) is 1.08. The highest BCUT2D eigenvalue weighted by Crippen LogP contribution is 2.39. The van der Waals surface area contributed by atoms with Gasteiger partial charge in [0.05, 0.1) is 12.8 Å². The van der Waals surface area contributed by atoms with E-state index in [2.05, 4.69) is 4.57 Å². The standard InChI is InChI=1S/C13H13NO2/c1-16-12-4-5-13-9(7-12)6-11(8-15)14(13)10-2-3-10/h4-8,10H,2-3H2,1H3. The molecule has 0 bridgehead atoms. The lowest BCUT2D eigenvalue weighted by atomic mass is 10.2. The van der Waals surface area contributed by atoms with Crippen molar-refractivity contribution in [3.05, 3.63) is 30.0 Å². The number of ether oxygens (including phenoxy) is 1. The SMILES string of the molecule is COc1ccc2c(c1)cc(C=O)n2C1CC1. The Morgan fingerprint density at radius 3 is 2.81 bits per heavy atom. The summed E-state index contributed by atoms with van der Waals surface area (Å²) in [6.07, 6.45) is 3.29. The van der Waals surface area contributed by atoms with Gasteiger partial charge < -0.3 is 9.30 Å². The molecule has 0 atom stereocenters. The van der Waals surface area contributed by atoms with E-state index < -0.39 is 0 Å². The third kappa shape index (κ3) is 1.32. The predicted octanol–water partition coefficient (Wildman–Crippen LogP) is 2.80. The van der Waals surface area contributed by atoms with Crippen molar-refractivity contribution < 1.29 is 9.53 Å². The van der Waals surface area contributed by atoms with Crippen LogP contribution in [-0.4, -0.2) is 18.0 Å². The molecule has 3 nitrogen and oxygen atoms in total. The van der Waals surface area contributed by atoms with Gasteiger partial charge in [-0.3, -0.25) is 4.79 Å². The molecule has 3 heteroatoms. The highest BCUT2D eigenvalue weighted by atomic mass is 16.5. The third-order valence-electron chi connectivity index (χ3n) is 3.11. The van der Waals surface area contributed by atoms with Crippen molar-refractivity contribution in [2.75, 3.05) is 7.11 Å². The molecule has 2 aromatic rings. The molecule has 1 saturated carbocycles. The van der Waals surface area contributed by atoms with E-state index in [1.807, 2.05) is 24.3 Å². The Labute approximate surface area is 93.6 Å². The van der Waals surface area contributed by atoms with Crippen molar-refractivity contribution in [1.29, 1.82) is 0 Å². The van der Waals surface area contributed by atoms with E-state index in [9.17, 15) is 4.79 Å². The lowest BCUT2D eigenvalue weighted by Gasteiger charge is -2.05. The largest absolute Gasteiger partial charge is 0.497 e. The van der Waals surface area contributed by atoms with Crippen molar-refractivity contribution in [3.8, 4) is 5.75 Å². The molecular weight excluding hydrogens is 202 g/mol. The monoisotopic (exact) mass is 215 g/mol. The van der Waals surface area contributed by atoms with Crippen LogP contribution < -0.4 is 4.74 Å². The quantitative estimate of drug-likeness (QED) is 0.737. The lowest BCUT2D eigenvalue weighted by molar-refractivity contribution is 0.111. The zero-order valence-electron chi connectivity index (χ0n) is 9.14. The number of aromatic nitrogens is 1. The zero-order chi connectivity index (χ0) is 11.1. The number of hydrogen-bond donors (Lipinski definition) is 0. The van der Waals surface area contributed by atoms with E-state index in [0.717, 1.165) is 28.6 Å². The Kier molecular flexibility index (Phi) is 1.99. The van der Waals surface area contributed by atoms with Gasteiger partial charge in [-0.1, -0.05) is 0 Å². The molecule has 82 valence electrons. The molecule has 0 N–H and O–H groups in total. The second-order valence-electron chi connectivity index (χ2n) is 4.21. The van der Waals surface area contributed by atoms with E-state index in [0.29, 0.717) is 6.04 Å². The number of carbonyl (C=O) groups excluding carboxylic acids is 1. The molecule has 16 heavy (non-hydrogen) atoms. The Bertz CT molecular complexity index is 552. The highest BCUT2D eigenvalue weighted by molar-refractivity contribution is 5.90. The summed E-state index contributed by atoms with van der Waals surface area (Å²) in [6, 6.07) is 8.39. The fraction of sp³-hybridized carbons (Fsp3) is 0.308. The number of fused-ring (bicyclic) bond motifs is 1. The van der Waals surface area contributed by atoms with Crippen LogP contribution in [0.25, 0.3) is 10.9 Å². The molecule has 0 spiro atoms. The zero-order valence-corrected chi connectivity index (χ0v) is 9.14. The Morgan fingerprint density at radius 2 is 2.19 bits per heavy atom. The first-order valence-electron chi connectivity index (χ1n) is 5.47. The number of carbonyl (C=O) groups is 1. The van der Waals surface area contributed by atoms with Crippen molar-refractivity contribution in [3.63, 3.8) is 0 Å². The molecule has 1 aliphatic rings. The Hall–Kier alpha value is -1.77. The highest BCUT2D eigenvalue weighted by Gasteiger charge is 2.27. The number of methoxy groups -OCH3 is 1. The van der Waals surface area contributed by atoms with E-state index >= 15 is 0 Å². The molecule has 3 rings (SSSR count). The van der Waals surface area contributed by atoms with Gasteiger partial charge in [-0.25, -0.2) is 0 Å². The Balaban J connectivity index is 2.25. The Morgan fingerprint density at radius 1 is 1.38 bits per heavy atom. The maximum Gasteiger partial charge on any atom is 0.166 e. The average molecular weight is 215 g/mol. The number of nitrogens with zero attached hydrogens (tertiary/aromatic N) is 1. The van der Waals surface area contributed by atoms with E-state index in [4.69, 9.17) is 4.74 Å². The van der Waals surface area contributed by atoms with Gasteiger partial charge in [0.25, 0.3) is 0 Å². The summed E-state index contributed by atoms with van der Waals surface area (Å²) >= 11 is 0. The van der Waals surface area contributed by atoms with Gasteiger partial charge in [-0.15, -0.1) is 0 Å². The summed E-state index contributed by atoms with van der Waals surface area (Å²) < 4.78 is 7.32. The van der Waals surface area contributed by atoms with Crippen LogP contribution in [-0.2, 0) is 0 Å². The van der Waals surface area contributed by atoms with Crippen molar-refractivity contribution >= 4 is 17.2 Å². The van der Waals surface area contributed by atoms with E-state index in [1.165, 1.54) is 12.8 Å². The minimum atomic E-state index is 0.520. The summed E-state index contributed by atoms with van der Waals surface area (Å²) in [5.74, 6) is 0.831. The van der Waals surface area contributed by atoms with Crippen LogP contribution in [0.2, 0.25) is 0 Å². The van der Waals surface area contributed by atoms with Crippen molar-refractivity contribution in [2.45, 2.75) is 18.9 Å². The van der Waals surface area contributed by atoms with Crippen molar-refractivity contribution in [2.24, 2.45) is 0 Å². The summed E-state index contributed by atoms with van der Waals surface area (Å²) in [5.41, 5.74) is 1.90. The van der Waals surface area contributed by atoms with Gasteiger partial charge in [0.1, 0.15) is 5.75 Å². The van der Waals surface area contributed by atoms with Crippen LogP contribution in [0.5, 0.6) is 5.75 Å². The molecular formula is C13H13NO2.